The Bertz CT molecular complexity index is 903. The second-order valence-corrected chi connectivity index (χ2v) is 5.65. The Hall–Kier alpha value is -3.23. The van der Waals surface area contributed by atoms with Gasteiger partial charge in [-0.15, -0.1) is 0 Å². The lowest BCUT2D eigenvalue weighted by Gasteiger charge is -2.16. The number of aryl methyl sites for hydroxylation is 1. The molecule has 0 saturated heterocycles. The molecular formula is C18H21N3O6. The van der Waals surface area contributed by atoms with Crippen LogP contribution in [0.4, 0.5) is 0 Å². The molecule has 0 aliphatic carbocycles. The van der Waals surface area contributed by atoms with Crippen LogP contribution < -0.4 is 10.9 Å². The molecule has 2 aromatic rings. The van der Waals surface area contributed by atoms with Gasteiger partial charge in [0.1, 0.15) is 6.54 Å². The highest BCUT2D eigenvalue weighted by Crippen LogP contribution is 2.11. The zero-order valence-corrected chi connectivity index (χ0v) is 15.4. The molecule has 0 saturated carbocycles. The van der Waals surface area contributed by atoms with Crippen molar-refractivity contribution in [1.82, 2.24) is 14.9 Å². The van der Waals surface area contributed by atoms with Gasteiger partial charge < -0.3 is 14.8 Å². The molecule has 0 unspecified atom stereocenters. The second-order valence-electron chi connectivity index (χ2n) is 5.65. The molecule has 0 aliphatic heterocycles. The summed E-state index contributed by atoms with van der Waals surface area (Å²) in [4.78, 5) is 52.8. The number of hydrogen-bond acceptors (Lipinski definition) is 7. The normalized spacial score (nSPS) is 10.7. The fourth-order valence-electron chi connectivity index (χ4n) is 2.48. The molecule has 1 heterocycles. The Kier molecular flexibility index (Phi) is 6.64. The van der Waals surface area contributed by atoms with Crippen LogP contribution in [0.1, 0.15) is 19.4 Å². The molecule has 0 fully saturated rings. The fourth-order valence-corrected chi connectivity index (χ4v) is 2.48. The number of amides is 1. The maximum atomic E-state index is 12.5. The highest BCUT2D eigenvalue weighted by Gasteiger charge is 2.31. The van der Waals surface area contributed by atoms with Crippen molar-refractivity contribution in [1.29, 1.82) is 0 Å². The van der Waals surface area contributed by atoms with E-state index in [0.29, 0.717) is 10.9 Å². The molecule has 144 valence electrons. The number of esters is 2. The lowest BCUT2D eigenvalue weighted by atomic mass is 10.1. The number of benzene rings is 1. The highest BCUT2D eigenvalue weighted by atomic mass is 16.6. The maximum absolute atomic E-state index is 12.5. The minimum atomic E-state index is -1.59. The third-order valence-electron chi connectivity index (χ3n) is 3.72. The van der Waals surface area contributed by atoms with Crippen LogP contribution in [0.5, 0.6) is 0 Å². The Labute approximate surface area is 155 Å². The molecule has 27 heavy (non-hydrogen) atoms. The highest BCUT2D eigenvalue weighted by molar-refractivity contribution is 6.02. The first-order valence-corrected chi connectivity index (χ1v) is 8.46. The van der Waals surface area contributed by atoms with E-state index in [9.17, 15) is 19.2 Å². The smallest absolute Gasteiger partial charge is 0.340 e. The standard InChI is InChI=1S/C18H21N3O6/c1-4-26-17(24)15(18(25)27-5-2)20-13(22)9-21-10-19-14-11(3)7-6-8-12(14)16(21)23/h6-8,10,15H,4-5,9H2,1-3H3,(H,20,22). The molecular weight excluding hydrogens is 354 g/mol. The van der Waals surface area contributed by atoms with Gasteiger partial charge in [0.25, 0.3) is 5.56 Å². The number of carbonyl (C=O) groups is 3. The van der Waals surface area contributed by atoms with Gasteiger partial charge >= 0.3 is 11.9 Å². The predicted molar refractivity (Wildman–Crippen MR) is 95.9 cm³/mol. The van der Waals surface area contributed by atoms with E-state index in [0.717, 1.165) is 10.1 Å². The average molecular weight is 375 g/mol. The molecule has 0 radical (unpaired) electrons. The van der Waals surface area contributed by atoms with E-state index >= 15 is 0 Å². The lowest BCUT2D eigenvalue weighted by molar-refractivity contribution is -0.159. The van der Waals surface area contributed by atoms with E-state index < -0.39 is 36.0 Å². The summed E-state index contributed by atoms with van der Waals surface area (Å²) < 4.78 is 10.7. The Morgan fingerprint density at radius 1 is 1.15 bits per heavy atom. The number of nitrogens with one attached hydrogen (secondary N) is 1. The van der Waals surface area contributed by atoms with E-state index in [1.807, 2.05) is 13.0 Å². The summed E-state index contributed by atoms with van der Waals surface area (Å²) in [5, 5.41) is 2.62. The summed E-state index contributed by atoms with van der Waals surface area (Å²) in [5.41, 5.74) is 0.989. The Morgan fingerprint density at radius 2 is 1.78 bits per heavy atom. The number of hydrogen-bond donors (Lipinski definition) is 1. The predicted octanol–water partition coefficient (Wildman–Crippen LogP) is 0.316. The van der Waals surface area contributed by atoms with E-state index in [1.165, 1.54) is 6.33 Å². The van der Waals surface area contributed by atoms with Crippen molar-refractivity contribution in [2.75, 3.05) is 13.2 Å². The van der Waals surface area contributed by atoms with E-state index in [1.54, 1.807) is 26.0 Å². The summed E-state index contributed by atoms with van der Waals surface area (Å²) in [6, 6.07) is 3.58. The van der Waals surface area contributed by atoms with Crippen LogP contribution in [-0.2, 0) is 30.4 Å². The van der Waals surface area contributed by atoms with Crippen molar-refractivity contribution >= 4 is 28.7 Å². The largest absolute Gasteiger partial charge is 0.464 e. The molecule has 0 aliphatic rings. The van der Waals surface area contributed by atoms with Gasteiger partial charge in [-0.3, -0.25) is 14.2 Å². The van der Waals surface area contributed by atoms with Crippen LogP contribution in [0.25, 0.3) is 10.9 Å². The average Bonchev–Trinajstić information content (AvgIpc) is 2.63. The van der Waals surface area contributed by atoms with Crippen LogP contribution >= 0.6 is 0 Å². The molecule has 1 aromatic heterocycles. The van der Waals surface area contributed by atoms with Gasteiger partial charge in [0.2, 0.25) is 11.9 Å². The van der Waals surface area contributed by atoms with Gasteiger partial charge in [-0.25, -0.2) is 14.6 Å². The minimum absolute atomic E-state index is 0.0397. The van der Waals surface area contributed by atoms with Crippen molar-refractivity contribution in [2.24, 2.45) is 0 Å². The molecule has 0 bridgehead atoms. The molecule has 0 atom stereocenters. The Balaban J connectivity index is 2.21. The summed E-state index contributed by atoms with van der Waals surface area (Å²) in [5.74, 6) is -2.58. The molecule has 1 amide bonds. The molecule has 0 spiro atoms. The van der Waals surface area contributed by atoms with E-state index in [2.05, 4.69) is 10.3 Å². The van der Waals surface area contributed by atoms with Crippen LogP contribution in [0.3, 0.4) is 0 Å². The SMILES string of the molecule is CCOC(=O)C(NC(=O)Cn1cnc2c(C)cccc2c1=O)C(=O)OCC. The first-order chi connectivity index (χ1) is 12.9. The molecule has 2 rings (SSSR count). The number of fused-ring (bicyclic) bond motifs is 1. The van der Waals surface area contributed by atoms with Crippen LogP contribution in [0, 0.1) is 6.92 Å². The minimum Gasteiger partial charge on any atom is -0.464 e. The van der Waals surface area contributed by atoms with Gasteiger partial charge in [-0.2, -0.15) is 0 Å². The van der Waals surface area contributed by atoms with Crippen molar-refractivity contribution < 1.29 is 23.9 Å². The van der Waals surface area contributed by atoms with Crippen molar-refractivity contribution in [2.45, 2.75) is 33.4 Å². The summed E-state index contributed by atoms with van der Waals surface area (Å²) in [7, 11) is 0. The number of ether oxygens (including phenoxy) is 2. The molecule has 9 nitrogen and oxygen atoms in total. The van der Waals surface area contributed by atoms with Crippen molar-refractivity contribution in [3.05, 3.63) is 40.4 Å². The second kappa shape index (κ2) is 8.93. The third-order valence-corrected chi connectivity index (χ3v) is 3.72. The quantitative estimate of drug-likeness (QED) is 0.547. The van der Waals surface area contributed by atoms with E-state index in [-0.39, 0.29) is 13.2 Å². The van der Waals surface area contributed by atoms with Crippen molar-refractivity contribution in [3.8, 4) is 0 Å². The topological polar surface area (TPSA) is 117 Å². The summed E-state index contributed by atoms with van der Waals surface area (Å²) in [6.45, 7) is 4.64. The molecule has 1 N–H and O–H groups in total. The lowest BCUT2D eigenvalue weighted by Crippen LogP contribution is -2.49. The van der Waals surface area contributed by atoms with Crippen LogP contribution in [0.15, 0.2) is 29.3 Å². The third kappa shape index (κ3) is 4.69. The zero-order valence-electron chi connectivity index (χ0n) is 15.4. The van der Waals surface area contributed by atoms with Crippen LogP contribution in [-0.4, -0.2) is 46.7 Å². The van der Waals surface area contributed by atoms with E-state index in [4.69, 9.17) is 9.47 Å². The maximum Gasteiger partial charge on any atom is 0.340 e. The zero-order chi connectivity index (χ0) is 20.0. The first kappa shape index (κ1) is 20.1. The number of nitrogens with zero attached hydrogens (tertiary/aromatic N) is 2. The number of aromatic nitrogens is 2. The fraction of sp³-hybridized carbons (Fsp3) is 0.389. The number of carbonyl (C=O) groups excluding carboxylic acids is 3. The van der Waals surface area contributed by atoms with Gasteiger partial charge in [0, 0.05) is 0 Å². The first-order valence-electron chi connectivity index (χ1n) is 8.46. The van der Waals surface area contributed by atoms with Gasteiger partial charge in [-0.1, -0.05) is 12.1 Å². The summed E-state index contributed by atoms with van der Waals surface area (Å²) >= 11 is 0. The van der Waals surface area contributed by atoms with Gasteiger partial charge in [0.15, 0.2) is 0 Å². The Morgan fingerprint density at radius 3 is 2.37 bits per heavy atom. The number of rotatable bonds is 7. The number of para-hydroxylation sites is 1. The van der Waals surface area contributed by atoms with Crippen molar-refractivity contribution in [3.63, 3.8) is 0 Å². The molecule has 9 heteroatoms. The summed E-state index contributed by atoms with van der Waals surface area (Å²) in [6.07, 6.45) is 1.25. The van der Waals surface area contributed by atoms with Gasteiger partial charge in [0.05, 0.1) is 30.4 Å². The van der Waals surface area contributed by atoms with Crippen LogP contribution in [0.2, 0.25) is 0 Å². The molecule has 1 aromatic carbocycles. The monoisotopic (exact) mass is 375 g/mol. The van der Waals surface area contributed by atoms with Gasteiger partial charge in [-0.05, 0) is 32.4 Å².